The quantitative estimate of drug-likeness (QED) is 0.264. The zero-order valence-corrected chi connectivity index (χ0v) is 17.9. The van der Waals surface area contributed by atoms with Gasteiger partial charge in [-0.05, 0) is 36.8 Å². The zero-order chi connectivity index (χ0) is 21.2. The Morgan fingerprint density at radius 2 is 1.83 bits per heavy atom. The fourth-order valence-corrected chi connectivity index (χ4v) is 2.93. The molecule has 0 aromatic heterocycles. The van der Waals surface area contributed by atoms with Gasteiger partial charge in [-0.15, -0.1) is 0 Å². The Bertz CT molecular complexity index is 884. The molecule has 0 atom stereocenters. The van der Waals surface area contributed by atoms with Crippen LogP contribution in [0.4, 0.5) is 0 Å². The van der Waals surface area contributed by atoms with Gasteiger partial charge < -0.3 is 10.1 Å². The fourth-order valence-electron chi connectivity index (χ4n) is 2.24. The number of benzene rings is 2. The minimum Gasteiger partial charge on any atom is -0.488 e. The smallest absolute Gasteiger partial charge is 0.329 e. The first kappa shape index (κ1) is 23.0. The molecule has 154 valence electrons. The molecule has 6 nitrogen and oxygen atoms in total. The standard InChI is InChI=1S/C20H20Cl3N3O3/c1-2-3-9-24-19(27)20(28)26-25-11-13-10-14(21)7-8-18(13)29-12-15-16(22)5-4-6-17(15)23/h4-8,10-11H,2-3,9,12H2,1H3,(H,24,27)(H,26,28)/b25-11-. The minimum absolute atomic E-state index is 0.132. The number of rotatable bonds is 8. The second kappa shape index (κ2) is 11.7. The lowest BCUT2D eigenvalue weighted by atomic mass is 10.2. The number of hydrogen-bond acceptors (Lipinski definition) is 4. The molecular formula is C20H20Cl3N3O3. The molecule has 0 fully saturated rings. The number of ether oxygens (including phenoxy) is 1. The Balaban J connectivity index is 2.03. The summed E-state index contributed by atoms with van der Waals surface area (Å²) in [5.41, 5.74) is 3.33. The Morgan fingerprint density at radius 1 is 1.10 bits per heavy atom. The number of hydrazone groups is 1. The van der Waals surface area contributed by atoms with Gasteiger partial charge in [-0.1, -0.05) is 54.2 Å². The summed E-state index contributed by atoms with van der Waals surface area (Å²) in [5, 5.41) is 7.75. The number of amides is 2. The maximum atomic E-state index is 11.7. The lowest BCUT2D eigenvalue weighted by molar-refractivity contribution is -0.139. The van der Waals surface area contributed by atoms with Crippen LogP contribution in [0.1, 0.15) is 30.9 Å². The van der Waals surface area contributed by atoms with E-state index in [0.29, 0.717) is 38.5 Å². The first-order chi connectivity index (χ1) is 13.9. The fraction of sp³-hybridized carbons (Fsp3) is 0.250. The highest BCUT2D eigenvalue weighted by atomic mass is 35.5. The average Bonchev–Trinajstić information content (AvgIpc) is 2.69. The molecule has 0 saturated carbocycles. The van der Waals surface area contributed by atoms with Crippen LogP contribution >= 0.6 is 34.8 Å². The molecule has 0 radical (unpaired) electrons. The van der Waals surface area contributed by atoms with Gasteiger partial charge in [0.2, 0.25) is 0 Å². The highest BCUT2D eigenvalue weighted by molar-refractivity contribution is 6.36. The van der Waals surface area contributed by atoms with Crippen molar-refractivity contribution in [3.8, 4) is 5.75 Å². The van der Waals surface area contributed by atoms with Gasteiger partial charge in [0.05, 0.1) is 6.21 Å². The van der Waals surface area contributed by atoms with Gasteiger partial charge in [0.15, 0.2) is 0 Å². The van der Waals surface area contributed by atoms with Crippen molar-refractivity contribution in [1.29, 1.82) is 0 Å². The van der Waals surface area contributed by atoms with Gasteiger partial charge in [0.1, 0.15) is 12.4 Å². The van der Waals surface area contributed by atoms with E-state index in [-0.39, 0.29) is 6.61 Å². The lowest BCUT2D eigenvalue weighted by Gasteiger charge is -2.12. The van der Waals surface area contributed by atoms with Gasteiger partial charge in [-0.3, -0.25) is 9.59 Å². The predicted molar refractivity (Wildman–Crippen MR) is 116 cm³/mol. The van der Waals surface area contributed by atoms with Crippen molar-refractivity contribution in [3.63, 3.8) is 0 Å². The molecule has 2 aromatic carbocycles. The third-order valence-corrected chi connectivity index (χ3v) is 4.74. The number of halogens is 3. The molecule has 2 aromatic rings. The van der Waals surface area contributed by atoms with Crippen LogP contribution < -0.4 is 15.5 Å². The Labute approximate surface area is 184 Å². The molecule has 29 heavy (non-hydrogen) atoms. The van der Waals surface area contributed by atoms with Crippen LogP contribution in [0.5, 0.6) is 5.75 Å². The summed E-state index contributed by atoms with van der Waals surface area (Å²) < 4.78 is 5.80. The number of nitrogens with zero attached hydrogens (tertiary/aromatic N) is 1. The Hall–Kier alpha value is -2.28. The van der Waals surface area contributed by atoms with Crippen molar-refractivity contribution < 1.29 is 14.3 Å². The molecule has 2 amide bonds. The molecule has 2 rings (SSSR count). The van der Waals surface area contributed by atoms with E-state index in [4.69, 9.17) is 39.5 Å². The summed E-state index contributed by atoms with van der Waals surface area (Å²) in [6.07, 6.45) is 3.05. The summed E-state index contributed by atoms with van der Waals surface area (Å²) in [6, 6.07) is 10.1. The Kier molecular flexibility index (Phi) is 9.25. The molecular weight excluding hydrogens is 437 g/mol. The van der Waals surface area contributed by atoms with E-state index in [1.807, 2.05) is 6.92 Å². The maximum Gasteiger partial charge on any atom is 0.329 e. The van der Waals surface area contributed by atoms with E-state index in [2.05, 4.69) is 15.8 Å². The summed E-state index contributed by atoms with van der Waals surface area (Å²) in [4.78, 5) is 23.4. The second-order valence-electron chi connectivity index (χ2n) is 5.98. The van der Waals surface area contributed by atoms with Crippen molar-refractivity contribution >= 4 is 52.8 Å². The summed E-state index contributed by atoms with van der Waals surface area (Å²) in [7, 11) is 0. The van der Waals surface area contributed by atoms with Gasteiger partial charge >= 0.3 is 11.8 Å². The van der Waals surface area contributed by atoms with Crippen LogP contribution in [0.25, 0.3) is 0 Å². The third kappa shape index (κ3) is 7.24. The van der Waals surface area contributed by atoms with E-state index in [9.17, 15) is 9.59 Å². The topological polar surface area (TPSA) is 79.8 Å². The molecule has 0 aliphatic rings. The number of nitrogens with one attached hydrogen (secondary N) is 2. The van der Waals surface area contributed by atoms with Crippen molar-refractivity contribution in [3.05, 3.63) is 62.6 Å². The van der Waals surface area contributed by atoms with Gasteiger partial charge in [0.25, 0.3) is 0 Å². The lowest BCUT2D eigenvalue weighted by Crippen LogP contribution is -2.38. The minimum atomic E-state index is -0.857. The molecule has 0 bridgehead atoms. The molecule has 9 heteroatoms. The van der Waals surface area contributed by atoms with Crippen molar-refractivity contribution in [2.24, 2.45) is 5.10 Å². The average molecular weight is 457 g/mol. The highest BCUT2D eigenvalue weighted by Gasteiger charge is 2.12. The van der Waals surface area contributed by atoms with Gasteiger partial charge in [-0.25, -0.2) is 5.43 Å². The second-order valence-corrected chi connectivity index (χ2v) is 7.23. The Morgan fingerprint density at radius 3 is 2.52 bits per heavy atom. The first-order valence-electron chi connectivity index (χ1n) is 8.88. The maximum absolute atomic E-state index is 11.7. The summed E-state index contributed by atoms with van der Waals surface area (Å²) in [5.74, 6) is -1.15. The number of unbranched alkanes of at least 4 members (excludes halogenated alkanes) is 1. The molecule has 0 heterocycles. The van der Waals surface area contributed by atoms with Gasteiger partial charge in [-0.2, -0.15) is 5.10 Å². The third-order valence-electron chi connectivity index (χ3n) is 3.80. The number of hydrogen-bond donors (Lipinski definition) is 2. The van der Waals surface area contributed by atoms with E-state index >= 15 is 0 Å². The van der Waals surface area contributed by atoms with E-state index < -0.39 is 11.8 Å². The van der Waals surface area contributed by atoms with Gasteiger partial charge in [0, 0.05) is 32.7 Å². The van der Waals surface area contributed by atoms with E-state index in [1.54, 1.807) is 36.4 Å². The molecule has 2 N–H and O–H groups in total. The largest absolute Gasteiger partial charge is 0.488 e. The highest BCUT2D eigenvalue weighted by Crippen LogP contribution is 2.27. The molecule has 0 spiro atoms. The normalized spacial score (nSPS) is 10.8. The van der Waals surface area contributed by atoms with Crippen LogP contribution in [0.15, 0.2) is 41.5 Å². The monoisotopic (exact) mass is 455 g/mol. The van der Waals surface area contributed by atoms with E-state index in [1.165, 1.54) is 6.21 Å². The van der Waals surface area contributed by atoms with Crippen LogP contribution in [-0.4, -0.2) is 24.6 Å². The van der Waals surface area contributed by atoms with Crippen LogP contribution in [0.2, 0.25) is 15.1 Å². The molecule has 0 aliphatic heterocycles. The van der Waals surface area contributed by atoms with Crippen LogP contribution in [0, 0.1) is 0 Å². The summed E-state index contributed by atoms with van der Waals surface area (Å²) in [6.45, 7) is 2.55. The number of carbonyl (C=O) groups excluding carboxylic acids is 2. The molecule has 0 saturated heterocycles. The van der Waals surface area contributed by atoms with Crippen LogP contribution in [-0.2, 0) is 16.2 Å². The SMILES string of the molecule is CCCCNC(=O)C(=O)N/N=C\c1cc(Cl)ccc1OCc1c(Cl)cccc1Cl. The van der Waals surface area contributed by atoms with Crippen molar-refractivity contribution in [2.45, 2.75) is 26.4 Å². The number of carbonyl (C=O) groups is 2. The predicted octanol–water partition coefficient (Wildman–Crippen LogP) is 4.59. The van der Waals surface area contributed by atoms with Crippen molar-refractivity contribution in [2.75, 3.05) is 6.54 Å². The summed E-state index contributed by atoms with van der Waals surface area (Å²) >= 11 is 18.4. The van der Waals surface area contributed by atoms with E-state index in [0.717, 1.165) is 12.8 Å². The zero-order valence-electron chi connectivity index (χ0n) is 15.7. The van der Waals surface area contributed by atoms with Crippen molar-refractivity contribution in [1.82, 2.24) is 10.7 Å². The molecule has 0 unspecified atom stereocenters. The molecule has 0 aliphatic carbocycles. The first-order valence-corrected chi connectivity index (χ1v) is 10.0. The van der Waals surface area contributed by atoms with Crippen LogP contribution in [0.3, 0.4) is 0 Å².